The summed E-state index contributed by atoms with van der Waals surface area (Å²) in [5, 5.41) is 0.944. The molecular weight excluding hydrogens is 322 g/mol. The molecule has 2 rings (SSSR count). The summed E-state index contributed by atoms with van der Waals surface area (Å²) in [5.41, 5.74) is -0.0156. The van der Waals surface area contributed by atoms with Crippen LogP contribution in [-0.4, -0.2) is 4.98 Å². The van der Waals surface area contributed by atoms with E-state index in [2.05, 4.69) is 4.98 Å². The van der Waals surface area contributed by atoms with Crippen LogP contribution in [0.5, 0.6) is 0 Å². The average Bonchev–Trinajstić information content (AvgIpc) is 2.37. The second kappa shape index (κ2) is 6.50. The maximum absolute atomic E-state index is 12.8. The SMILES string of the molecule is FC(F)(F)c1ncccc1CC=Cc1cc(Cl)cc(Cl)c1. The Morgan fingerprint density at radius 1 is 1.10 bits per heavy atom. The third-order valence-corrected chi connectivity index (χ3v) is 3.13. The molecule has 0 unspecified atom stereocenters. The van der Waals surface area contributed by atoms with Gasteiger partial charge in [-0.2, -0.15) is 13.2 Å². The Kier molecular flexibility index (Phi) is 4.91. The minimum Gasteiger partial charge on any atom is -0.251 e. The topological polar surface area (TPSA) is 12.9 Å². The van der Waals surface area contributed by atoms with Gasteiger partial charge in [0.25, 0.3) is 0 Å². The van der Waals surface area contributed by atoms with Crippen molar-refractivity contribution >= 4 is 29.3 Å². The molecule has 0 saturated heterocycles. The second-order valence-electron chi connectivity index (χ2n) is 4.32. The van der Waals surface area contributed by atoms with Crippen LogP contribution in [0.1, 0.15) is 16.8 Å². The molecule has 1 heterocycles. The molecule has 0 aliphatic carbocycles. The number of nitrogens with zero attached hydrogens (tertiary/aromatic N) is 1. The fraction of sp³-hybridized carbons (Fsp3) is 0.133. The van der Waals surface area contributed by atoms with E-state index < -0.39 is 11.9 Å². The summed E-state index contributed by atoms with van der Waals surface area (Å²) in [4.78, 5) is 3.40. The molecule has 0 radical (unpaired) electrons. The van der Waals surface area contributed by atoms with Gasteiger partial charge >= 0.3 is 6.18 Å². The standard InChI is InChI=1S/C15H10Cl2F3N/c16-12-7-10(8-13(17)9-12)3-1-4-11-5-2-6-21-14(11)15(18,19)20/h1-3,5-9H,4H2. The maximum atomic E-state index is 12.8. The number of benzene rings is 1. The number of aromatic nitrogens is 1. The van der Waals surface area contributed by atoms with Crippen LogP contribution >= 0.6 is 23.2 Å². The average molecular weight is 332 g/mol. The quantitative estimate of drug-likeness (QED) is 0.706. The van der Waals surface area contributed by atoms with Gasteiger partial charge in [-0.25, -0.2) is 0 Å². The minimum absolute atomic E-state index is 0.118. The Morgan fingerprint density at radius 3 is 2.38 bits per heavy atom. The molecule has 0 aliphatic rings. The van der Waals surface area contributed by atoms with E-state index in [1.807, 2.05) is 0 Å². The van der Waals surface area contributed by atoms with Crippen LogP contribution in [-0.2, 0) is 12.6 Å². The molecule has 2 aromatic rings. The Balaban J connectivity index is 2.18. The largest absolute Gasteiger partial charge is 0.433 e. The van der Waals surface area contributed by atoms with Crippen molar-refractivity contribution in [1.29, 1.82) is 0 Å². The molecule has 0 atom stereocenters. The molecule has 0 saturated carbocycles. The summed E-state index contributed by atoms with van der Waals surface area (Å²) < 4.78 is 38.3. The summed E-state index contributed by atoms with van der Waals surface area (Å²) >= 11 is 11.7. The van der Waals surface area contributed by atoms with E-state index in [1.165, 1.54) is 12.1 Å². The molecule has 1 aromatic carbocycles. The summed E-state index contributed by atoms with van der Waals surface area (Å²) in [5.74, 6) is 0. The van der Waals surface area contributed by atoms with Crippen molar-refractivity contribution in [2.45, 2.75) is 12.6 Å². The molecule has 0 amide bonds. The molecule has 0 N–H and O–H groups in total. The van der Waals surface area contributed by atoms with Crippen molar-refractivity contribution < 1.29 is 13.2 Å². The lowest BCUT2D eigenvalue weighted by Gasteiger charge is -2.09. The lowest BCUT2D eigenvalue weighted by molar-refractivity contribution is -0.141. The van der Waals surface area contributed by atoms with Crippen LogP contribution in [0.4, 0.5) is 13.2 Å². The van der Waals surface area contributed by atoms with Gasteiger partial charge in [-0.1, -0.05) is 41.4 Å². The second-order valence-corrected chi connectivity index (χ2v) is 5.19. The minimum atomic E-state index is -4.45. The molecule has 21 heavy (non-hydrogen) atoms. The Hall–Kier alpha value is -1.52. The highest BCUT2D eigenvalue weighted by molar-refractivity contribution is 6.34. The van der Waals surface area contributed by atoms with Gasteiger partial charge < -0.3 is 0 Å². The molecular formula is C15H10Cl2F3N. The first-order valence-electron chi connectivity index (χ1n) is 6.00. The number of alkyl halides is 3. The number of hydrogen-bond donors (Lipinski definition) is 0. The number of hydrogen-bond acceptors (Lipinski definition) is 1. The summed E-state index contributed by atoms with van der Waals surface area (Å²) in [6.45, 7) is 0. The van der Waals surface area contributed by atoms with Crippen molar-refractivity contribution in [2.75, 3.05) is 0 Å². The van der Waals surface area contributed by atoms with Crippen LogP contribution in [0.3, 0.4) is 0 Å². The molecule has 1 aromatic heterocycles. The zero-order chi connectivity index (χ0) is 15.5. The predicted octanol–water partition coefficient (Wildman–Crippen LogP) is 5.66. The molecule has 0 spiro atoms. The van der Waals surface area contributed by atoms with E-state index in [1.54, 1.807) is 30.4 Å². The molecule has 0 fully saturated rings. The normalized spacial score (nSPS) is 12.0. The first kappa shape index (κ1) is 15.9. The van der Waals surface area contributed by atoms with E-state index in [0.29, 0.717) is 10.0 Å². The van der Waals surface area contributed by atoms with Crippen molar-refractivity contribution in [3.05, 3.63) is 69.5 Å². The third-order valence-electron chi connectivity index (χ3n) is 2.69. The first-order chi connectivity index (χ1) is 9.86. The van der Waals surface area contributed by atoms with E-state index in [0.717, 1.165) is 11.8 Å². The number of halogens is 5. The van der Waals surface area contributed by atoms with Crippen molar-refractivity contribution in [3.8, 4) is 0 Å². The van der Waals surface area contributed by atoms with Gasteiger partial charge in [-0.3, -0.25) is 4.98 Å². The zero-order valence-electron chi connectivity index (χ0n) is 10.7. The van der Waals surface area contributed by atoms with Gasteiger partial charge in [-0.15, -0.1) is 0 Å². The number of pyridine rings is 1. The number of rotatable bonds is 3. The van der Waals surface area contributed by atoms with Gasteiger partial charge in [0.2, 0.25) is 0 Å². The monoisotopic (exact) mass is 331 g/mol. The van der Waals surface area contributed by atoms with Crippen LogP contribution in [0, 0.1) is 0 Å². The lowest BCUT2D eigenvalue weighted by atomic mass is 10.1. The third kappa shape index (κ3) is 4.48. The van der Waals surface area contributed by atoms with Gasteiger partial charge in [-0.05, 0) is 41.8 Å². The highest BCUT2D eigenvalue weighted by Gasteiger charge is 2.34. The zero-order valence-corrected chi connectivity index (χ0v) is 12.2. The Bertz CT molecular complexity index is 646. The van der Waals surface area contributed by atoms with Crippen LogP contribution in [0.2, 0.25) is 10.0 Å². The summed E-state index contributed by atoms with van der Waals surface area (Å²) in [7, 11) is 0. The van der Waals surface area contributed by atoms with E-state index in [9.17, 15) is 13.2 Å². The van der Waals surface area contributed by atoms with Crippen molar-refractivity contribution in [1.82, 2.24) is 4.98 Å². The highest BCUT2D eigenvalue weighted by Crippen LogP contribution is 2.30. The molecule has 0 aliphatic heterocycles. The molecule has 110 valence electrons. The summed E-state index contributed by atoms with van der Waals surface area (Å²) in [6, 6.07) is 7.83. The first-order valence-corrected chi connectivity index (χ1v) is 6.75. The maximum Gasteiger partial charge on any atom is 0.433 e. The van der Waals surface area contributed by atoms with E-state index in [-0.39, 0.29) is 12.0 Å². The van der Waals surface area contributed by atoms with Crippen LogP contribution in [0.25, 0.3) is 6.08 Å². The summed E-state index contributed by atoms with van der Waals surface area (Å²) in [6.07, 6.45) is 0.0859. The van der Waals surface area contributed by atoms with Crippen molar-refractivity contribution in [3.63, 3.8) is 0 Å². The Morgan fingerprint density at radius 2 is 1.76 bits per heavy atom. The predicted molar refractivity (Wildman–Crippen MR) is 78.4 cm³/mol. The van der Waals surface area contributed by atoms with Crippen LogP contribution < -0.4 is 0 Å². The number of allylic oxidation sites excluding steroid dienone is 1. The smallest absolute Gasteiger partial charge is 0.251 e. The highest BCUT2D eigenvalue weighted by atomic mass is 35.5. The Labute approximate surface area is 130 Å². The van der Waals surface area contributed by atoms with Crippen molar-refractivity contribution in [2.24, 2.45) is 0 Å². The fourth-order valence-corrected chi connectivity index (χ4v) is 2.39. The van der Waals surface area contributed by atoms with Gasteiger partial charge in [0.15, 0.2) is 0 Å². The lowest BCUT2D eigenvalue weighted by Crippen LogP contribution is -2.11. The molecule has 6 heteroatoms. The van der Waals surface area contributed by atoms with Gasteiger partial charge in [0, 0.05) is 16.2 Å². The van der Waals surface area contributed by atoms with Gasteiger partial charge in [0.1, 0.15) is 5.69 Å². The van der Waals surface area contributed by atoms with Crippen LogP contribution in [0.15, 0.2) is 42.6 Å². The molecule has 1 nitrogen and oxygen atoms in total. The van der Waals surface area contributed by atoms with E-state index in [4.69, 9.17) is 23.2 Å². The van der Waals surface area contributed by atoms with Gasteiger partial charge in [0.05, 0.1) is 0 Å². The van der Waals surface area contributed by atoms with E-state index >= 15 is 0 Å². The fourth-order valence-electron chi connectivity index (χ4n) is 1.85. The molecule has 0 bridgehead atoms.